The fraction of sp³-hybridized carbons (Fsp3) is 0.167. The van der Waals surface area contributed by atoms with Crippen molar-refractivity contribution in [3.8, 4) is 6.07 Å². The van der Waals surface area contributed by atoms with Crippen molar-refractivity contribution in [1.29, 1.82) is 5.26 Å². The fourth-order valence-electron chi connectivity index (χ4n) is 0.518. The summed E-state index contributed by atoms with van der Waals surface area (Å²) in [6.07, 6.45) is 7.49. The second kappa shape index (κ2) is 1.61. The summed E-state index contributed by atoms with van der Waals surface area (Å²) in [6.45, 7) is 0. The highest BCUT2D eigenvalue weighted by atomic mass is 14.3. The summed E-state index contributed by atoms with van der Waals surface area (Å²) in [5.74, 6) is 0.0417. The van der Waals surface area contributed by atoms with Crippen LogP contribution in [-0.4, -0.2) is 0 Å². The molecule has 1 rings (SSSR count). The van der Waals surface area contributed by atoms with Gasteiger partial charge in [-0.2, -0.15) is 5.26 Å². The van der Waals surface area contributed by atoms with Gasteiger partial charge in [-0.3, -0.25) is 0 Å². The van der Waals surface area contributed by atoms with E-state index in [1.807, 2.05) is 24.3 Å². The van der Waals surface area contributed by atoms with Gasteiger partial charge in [0.2, 0.25) is 0 Å². The molecule has 0 spiro atoms. The first-order chi connectivity index (χ1) is 3.43. The lowest BCUT2D eigenvalue weighted by Crippen LogP contribution is -1.77. The van der Waals surface area contributed by atoms with Crippen LogP contribution in [0.15, 0.2) is 24.3 Å². The molecule has 0 aromatic rings. The summed E-state index contributed by atoms with van der Waals surface area (Å²) in [5.41, 5.74) is 0. The molecule has 0 saturated heterocycles. The molecule has 0 aliphatic heterocycles. The van der Waals surface area contributed by atoms with Crippen molar-refractivity contribution in [3.05, 3.63) is 24.3 Å². The van der Waals surface area contributed by atoms with E-state index < -0.39 is 0 Å². The SMILES string of the molecule is N#CC1C=CC=C1. The molecular weight excluding hydrogens is 86.1 g/mol. The number of nitriles is 1. The Labute approximate surface area is 42.6 Å². The van der Waals surface area contributed by atoms with Gasteiger partial charge < -0.3 is 0 Å². The second-order valence-corrected chi connectivity index (χ2v) is 1.42. The van der Waals surface area contributed by atoms with Crippen LogP contribution < -0.4 is 0 Å². The molecule has 1 nitrogen and oxygen atoms in total. The molecule has 0 N–H and O–H groups in total. The largest absolute Gasteiger partial charge is 0.197 e. The monoisotopic (exact) mass is 91.0 g/mol. The Kier molecular flexibility index (Phi) is 0.953. The lowest BCUT2D eigenvalue weighted by molar-refractivity contribution is 1.10. The van der Waals surface area contributed by atoms with Crippen molar-refractivity contribution in [2.24, 2.45) is 5.92 Å². The van der Waals surface area contributed by atoms with Crippen LogP contribution in [0.3, 0.4) is 0 Å². The van der Waals surface area contributed by atoms with Crippen LogP contribution in [0.1, 0.15) is 0 Å². The molecule has 0 radical (unpaired) electrons. The Hall–Kier alpha value is -1.03. The maximum absolute atomic E-state index is 8.21. The normalized spacial score (nSPS) is 17.6. The molecule has 0 amide bonds. The van der Waals surface area contributed by atoms with E-state index in [9.17, 15) is 0 Å². The molecule has 0 fully saturated rings. The van der Waals surface area contributed by atoms with E-state index in [0.717, 1.165) is 0 Å². The highest BCUT2D eigenvalue weighted by Crippen LogP contribution is 2.05. The van der Waals surface area contributed by atoms with Gasteiger partial charge in [-0.15, -0.1) is 0 Å². The van der Waals surface area contributed by atoms with Gasteiger partial charge in [-0.05, 0) is 0 Å². The first kappa shape index (κ1) is 4.14. The van der Waals surface area contributed by atoms with Crippen LogP contribution in [-0.2, 0) is 0 Å². The fourth-order valence-corrected chi connectivity index (χ4v) is 0.518. The van der Waals surface area contributed by atoms with Gasteiger partial charge in [-0.1, -0.05) is 24.3 Å². The van der Waals surface area contributed by atoms with Gasteiger partial charge in [0.05, 0.1) is 12.0 Å². The van der Waals surface area contributed by atoms with Crippen molar-refractivity contribution in [2.75, 3.05) is 0 Å². The molecule has 1 aliphatic carbocycles. The van der Waals surface area contributed by atoms with E-state index in [1.165, 1.54) is 0 Å². The summed E-state index contributed by atoms with van der Waals surface area (Å²) >= 11 is 0. The molecule has 0 heterocycles. The molecule has 0 saturated carbocycles. The Bertz CT molecular complexity index is 136. The Morgan fingerprint density at radius 3 is 2.14 bits per heavy atom. The third kappa shape index (κ3) is 0.690. The highest BCUT2D eigenvalue weighted by molar-refractivity contribution is 5.23. The highest BCUT2D eigenvalue weighted by Gasteiger charge is 1.96. The third-order valence-electron chi connectivity index (χ3n) is 0.897. The smallest absolute Gasteiger partial charge is 0.0830 e. The standard InChI is InChI=1S/C6H5N/c7-5-6-3-1-2-4-6/h1-4,6H. The number of hydrogen-bond donors (Lipinski definition) is 0. The molecule has 0 unspecified atom stereocenters. The zero-order valence-electron chi connectivity index (χ0n) is 3.83. The minimum Gasteiger partial charge on any atom is -0.197 e. The number of rotatable bonds is 0. The zero-order valence-corrected chi connectivity index (χ0v) is 3.83. The van der Waals surface area contributed by atoms with Gasteiger partial charge >= 0.3 is 0 Å². The molecule has 34 valence electrons. The zero-order chi connectivity index (χ0) is 5.11. The van der Waals surface area contributed by atoms with Gasteiger partial charge in [0.15, 0.2) is 0 Å². The number of allylic oxidation sites excluding steroid dienone is 4. The number of nitrogens with zero attached hydrogens (tertiary/aromatic N) is 1. The predicted molar refractivity (Wildman–Crippen MR) is 27.4 cm³/mol. The Morgan fingerprint density at radius 2 is 1.86 bits per heavy atom. The Morgan fingerprint density at radius 1 is 1.29 bits per heavy atom. The molecular formula is C6H5N. The summed E-state index contributed by atoms with van der Waals surface area (Å²) < 4.78 is 0. The molecule has 0 atom stereocenters. The van der Waals surface area contributed by atoms with Gasteiger partial charge in [0, 0.05) is 0 Å². The molecule has 1 heteroatoms. The molecule has 1 aliphatic rings. The molecule has 0 aromatic carbocycles. The van der Waals surface area contributed by atoms with Gasteiger partial charge in [-0.25, -0.2) is 0 Å². The van der Waals surface area contributed by atoms with E-state index >= 15 is 0 Å². The first-order valence-electron chi connectivity index (χ1n) is 2.18. The van der Waals surface area contributed by atoms with Crippen molar-refractivity contribution in [1.82, 2.24) is 0 Å². The second-order valence-electron chi connectivity index (χ2n) is 1.42. The third-order valence-corrected chi connectivity index (χ3v) is 0.897. The minimum atomic E-state index is 0.0417. The molecule has 0 bridgehead atoms. The van der Waals surface area contributed by atoms with E-state index in [2.05, 4.69) is 6.07 Å². The summed E-state index contributed by atoms with van der Waals surface area (Å²) in [5, 5.41) is 8.21. The quantitative estimate of drug-likeness (QED) is 0.440. The lowest BCUT2D eigenvalue weighted by atomic mass is 10.2. The van der Waals surface area contributed by atoms with Gasteiger partial charge in [0.1, 0.15) is 0 Å². The summed E-state index contributed by atoms with van der Waals surface area (Å²) in [4.78, 5) is 0. The van der Waals surface area contributed by atoms with E-state index in [-0.39, 0.29) is 5.92 Å². The minimum absolute atomic E-state index is 0.0417. The topological polar surface area (TPSA) is 23.8 Å². The maximum Gasteiger partial charge on any atom is 0.0830 e. The van der Waals surface area contributed by atoms with Crippen molar-refractivity contribution < 1.29 is 0 Å². The maximum atomic E-state index is 8.21. The van der Waals surface area contributed by atoms with E-state index in [4.69, 9.17) is 5.26 Å². The van der Waals surface area contributed by atoms with Crippen molar-refractivity contribution in [2.45, 2.75) is 0 Å². The van der Waals surface area contributed by atoms with Crippen molar-refractivity contribution >= 4 is 0 Å². The van der Waals surface area contributed by atoms with Crippen molar-refractivity contribution in [3.63, 3.8) is 0 Å². The molecule has 0 aromatic heterocycles. The van der Waals surface area contributed by atoms with Crippen LogP contribution in [0, 0.1) is 17.2 Å². The average molecular weight is 91.1 g/mol. The number of hydrogen-bond acceptors (Lipinski definition) is 1. The predicted octanol–water partition coefficient (Wildman–Crippen LogP) is 1.25. The van der Waals surface area contributed by atoms with Crippen LogP contribution >= 0.6 is 0 Å². The Balaban J connectivity index is 2.65. The van der Waals surface area contributed by atoms with Crippen LogP contribution in [0.4, 0.5) is 0 Å². The average Bonchev–Trinajstić information content (AvgIpc) is 2.14. The van der Waals surface area contributed by atoms with E-state index in [1.54, 1.807) is 0 Å². The first-order valence-corrected chi connectivity index (χ1v) is 2.18. The van der Waals surface area contributed by atoms with Crippen LogP contribution in [0.2, 0.25) is 0 Å². The van der Waals surface area contributed by atoms with E-state index in [0.29, 0.717) is 0 Å². The van der Waals surface area contributed by atoms with Gasteiger partial charge in [0.25, 0.3) is 0 Å². The lowest BCUT2D eigenvalue weighted by Gasteiger charge is -1.80. The van der Waals surface area contributed by atoms with Crippen LogP contribution in [0.25, 0.3) is 0 Å². The van der Waals surface area contributed by atoms with Crippen LogP contribution in [0.5, 0.6) is 0 Å². The molecule has 7 heavy (non-hydrogen) atoms. The summed E-state index contributed by atoms with van der Waals surface area (Å²) in [6, 6.07) is 2.09. The summed E-state index contributed by atoms with van der Waals surface area (Å²) in [7, 11) is 0.